The highest BCUT2D eigenvalue weighted by Gasteiger charge is 2.39. The topological polar surface area (TPSA) is 124 Å². The number of nitrogens with zero attached hydrogens (tertiary/aromatic N) is 5. The van der Waals surface area contributed by atoms with Gasteiger partial charge in [-0.15, -0.1) is 5.10 Å². The molecule has 11 nitrogen and oxygen atoms in total. The fourth-order valence-electron chi connectivity index (χ4n) is 5.63. The smallest absolute Gasteiger partial charge is 0.271 e. The number of hydrogen-bond donors (Lipinski definition) is 3. The average molecular weight is 655 g/mol. The molecule has 3 N–H and O–H groups in total. The lowest BCUT2D eigenvalue weighted by Gasteiger charge is -2.30. The molecule has 252 valence electrons. The normalized spacial score (nSPS) is 15.8. The third-order valence-electron chi connectivity index (χ3n) is 8.77. The maximum absolute atomic E-state index is 13.3. The lowest BCUT2D eigenvalue weighted by molar-refractivity contribution is -0.109. The Labute approximate surface area is 280 Å². The number of fused-ring (bicyclic) bond motifs is 1. The Kier molecular flexibility index (Phi) is 11.0. The van der Waals surface area contributed by atoms with Crippen LogP contribution in [0.5, 0.6) is 0 Å². The summed E-state index contributed by atoms with van der Waals surface area (Å²) in [6, 6.07) is 16.9. The van der Waals surface area contributed by atoms with E-state index < -0.39 is 18.1 Å². The molecule has 0 aliphatic heterocycles. The minimum absolute atomic E-state index is 0.252. The van der Waals surface area contributed by atoms with Crippen molar-refractivity contribution in [3.63, 3.8) is 0 Å². The molecule has 5 rings (SSSR count). The van der Waals surface area contributed by atoms with E-state index in [0.717, 1.165) is 72.3 Å². The van der Waals surface area contributed by atoms with Crippen LogP contribution in [0.1, 0.15) is 53.7 Å². The molecule has 0 bridgehead atoms. The number of aryl methyl sites for hydroxylation is 2. The highest BCUT2D eigenvalue weighted by molar-refractivity contribution is 5.93. The number of halogens is 1. The largest absolute Gasteiger partial charge is 0.392 e. The molecule has 2 aromatic carbocycles. The van der Waals surface area contributed by atoms with Gasteiger partial charge in [0.25, 0.3) is 5.91 Å². The van der Waals surface area contributed by atoms with Crippen LogP contribution in [-0.2, 0) is 22.4 Å². The van der Waals surface area contributed by atoms with Gasteiger partial charge in [-0.1, -0.05) is 30.8 Å². The van der Waals surface area contributed by atoms with Crippen LogP contribution in [0.3, 0.4) is 0 Å². The van der Waals surface area contributed by atoms with Gasteiger partial charge >= 0.3 is 0 Å². The first kappa shape index (κ1) is 34.1. The molecular weight excluding hydrogens is 611 g/mol. The number of hydrogen-bond acceptors (Lipinski definition) is 8. The Morgan fingerprint density at radius 1 is 1.10 bits per heavy atom. The van der Waals surface area contributed by atoms with Crippen molar-refractivity contribution in [3.8, 4) is 0 Å². The van der Waals surface area contributed by atoms with Crippen molar-refractivity contribution >= 4 is 47.1 Å². The van der Waals surface area contributed by atoms with Crippen LogP contribution in [0.15, 0.2) is 73.1 Å². The third kappa shape index (κ3) is 8.17. The molecule has 12 heteroatoms. The molecule has 2 heterocycles. The number of anilines is 4. The summed E-state index contributed by atoms with van der Waals surface area (Å²) in [6.07, 6.45) is 7.29. The molecule has 0 spiro atoms. The van der Waals surface area contributed by atoms with Gasteiger partial charge in [0.15, 0.2) is 17.2 Å². The Morgan fingerprint density at radius 2 is 1.88 bits per heavy atom. The number of likely N-dealkylation sites (N-methyl/N-ethyl adjacent to an activating group) is 1. The lowest BCUT2D eigenvalue weighted by Crippen LogP contribution is -2.34. The van der Waals surface area contributed by atoms with Gasteiger partial charge in [0, 0.05) is 38.9 Å². The van der Waals surface area contributed by atoms with Crippen LogP contribution < -0.4 is 25.8 Å². The number of allylic oxidation sites excluding steroid dienone is 1. The van der Waals surface area contributed by atoms with E-state index in [9.17, 15) is 18.8 Å². The molecule has 3 unspecified atom stereocenters. The van der Waals surface area contributed by atoms with E-state index in [2.05, 4.69) is 44.7 Å². The molecule has 3 atom stereocenters. The van der Waals surface area contributed by atoms with E-state index in [1.54, 1.807) is 18.0 Å². The summed E-state index contributed by atoms with van der Waals surface area (Å²) < 4.78 is 14.8. The summed E-state index contributed by atoms with van der Waals surface area (Å²) in [4.78, 5) is 44.1. The SMILES string of the molecule is C=C(CCC(C=O)N(C)c1ccc(CCCCc2ccccc2Nc2ccc3ncc(C(=O)NC4CC4F)n3n2)cc1N(C)C=O)NC. The number of benzene rings is 2. The zero-order chi connectivity index (χ0) is 34.2. The standard InChI is InChI=1S/C36H43FN8O3/c1-24(38-2)13-15-27(22-46)44(4)31-16-14-25(19-32(31)43(3)23-47)9-5-6-10-26-11-7-8-12-29(26)40-34-17-18-35-39-21-33(45(35)42-34)36(48)41-30-20-28(30)37/h7-8,11-12,14,16-19,21-23,27-28,30,38H,1,5-6,9-10,13,15,20H2,2-4H3,(H,40,42)(H,41,48). The van der Waals surface area contributed by atoms with E-state index in [1.807, 2.05) is 55.4 Å². The number of rotatable bonds is 18. The van der Waals surface area contributed by atoms with Gasteiger partial charge in [0.2, 0.25) is 6.41 Å². The van der Waals surface area contributed by atoms with Gasteiger partial charge in [-0.05, 0) is 80.0 Å². The van der Waals surface area contributed by atoms with Gasteiger partial charge in [-0.3, -0.25) is 9.59 Å². The third-order valence-corrected chi connectivity index (χ3v) is 8.77. The van der Waals surface area contributed by atoms with E-state index in [-0.39, 0.29) is 11.7 Å². The lowest BCUT2D eigenvalue weighted by atomic mass is 10.0. The number of nitrogens with one attached hydrogen (secondary N) is 3. The maximum Gasteiger partial charge on any atom is 0.271 e. The van der Waals surface area contributed by atoms with Gasteiger partial charge in [-0.2, -0.15) is 0 Å². The van der Waals surface area contributed by atoms with Gasteiger partial charge in [-0.25, -0.2) is 13.9 Å². The molecule has 1 aliphatic carbocycles. The molecule has 0 radical (unpaired) electrons. The highest BCUT2D eigenvalue weighted by Crippen LogP contribution is 2.32. The molecule has 48 heavy (non-hydrogen) atoms. The number of unbranched alkanes of at least 4 members (excludes halogenated alkanes) is 1. The minimum Gasteiger partial charge on any atom is -0.392 e. The number of carbonyl (C=O) groups excluding carboxylic acids is 3. The maximum atomic E-state index is 13.3. The number of aldehydes is 1. The Bertz CT molecular complexity index is 1780. The van der Waals surface area contributed by atoms with Crippen molar-refractivity contribution < 1.29 is 18.8 Å². The molecule has 1 aliphatic rings. The van der Waals surface area contributed by atoms with Gasteiger partial charge < -0.3 is 30.5 Å². The first-order valence-corrected chi connectivity index (χ1v) is 16.2. The zero-order valence-corrected chi connectivity index (χ0v) is 27.7. The summed E-state index contributed by atoms with van der Waals surface area (Å²) in [6.45, 7) is 3.96. The molecule has 1 saturated carbocycles. The number of para-hydroxylation sites is 1. The Morgan fingerprint density at radius 3 is 2.60 bits per heavy atom. The summed E-state index contributed by atoms with van der Waals surface area (Å²) in [5.41, 5.74) is 6.35. The Hall–Kier alpha value is -5.26. The van der Waals surface area contributed by atoms with E-state index in [4.69, 9.17) is 0 Å². The van der Waals surface area contributed by atoms with Gasteiger partial charge in [0.1, 0.15) is 12.5 Å². The molecule has 2 amide bonds. The zero-order valence-electron chi connectivity index (χ0n) is 27.7. The first-order chi connectivity index (χ1) is 23.2. The monoisotopic (exact) mass is 654 g/mol. The van der Waals surface area contributed by atoms with Crippen molar-refractivity contribution in [1.29, 1.82) is 0 Å². The predicted octanol–water partition coefficient (Wildman–Crippen LogP) is 4.99. The summed E-state index contributed by atoms with van der Waals surface area (Å²) >= 11 is 0. The van der Waals surface area contributed by atoms with Gasteiger partial charge in [0.05, 0.1) is 29.7 Å². The quantitative estimate of drug-likeness (QED) is 0.101. The molecular formula is C36H43FN8O3. The highest BCUT2D eigenvalue weighted by atomic mass is 19.1. The number of carbonyl (C=O) groups is 3. The first-order valence-electron chi connectivity index (χ1n) is 16.2. The molecule has 0 saturated heterocycles. The van der Waals surface area contributed by atoms with Crippen molar-refractivity contribution in [2.75, 3.05) is 36.3 Å². The van der Waals surface area contributed by atoms with Crippen molar-refractivity contribution in [1.82, 2.24) is 25.2 Å². The van der Waals surface area contributed by atoms with E-state index in [1.165, 1.54) is 10.7 Å². The molecule has 2 aromatic heterocycles. The molecule has 1 fully saturated rings. The second-order valence-corrected chi connectivity index (χ2v) is 12.2. The number of aromatic nitrogens is 3. The minimum atomic E-state index is -0.994. The summed E-state index contributed by atoms with van der Waals surface area (Å²) in [7, 11) is 5.41. The van der Waals surface area contributed by atoms with Crippen molar-refractivity contribution in [2.45, 2.75) is 63.2 Å². The van der Waals surface area contributed by atoms with E-state index in [0.29, 0.717) is 30.7 Å². The number of amides is 2. The summed E-state index contributed by atoms with van der Waals surface area (Å²) in [5, 5.41) is 13.7. The van der Waals surface area contributed by atoms with Crippen LogP contribution >= 0.6 is 0 Å². The van der Waals surface area contributed by atoms with E-state index >= 15 is 0 Å². The van der Waals surface area contributed by atoms with Crippen molar-refractivity contribution in [3.05, 3.63) is 89.9 Å². The average Bonchev–Trinajstić information content (AvgIpc) is 3.62. The fraction of sp³-hybridized carbons (Fsp3) is 0.361. The number of alkyl halides is 1. The Balaban J connectivity index is 1.21. The molecule has 4 aromatic rings. The number of imidazole rings is 1. The van der Waals surface area contributed by atoms with Crippen LogP contribution in [0.25, 0.3) is 5.65 Å². The van der Waals surface area contributed by atoms with Crippen LogP contribution in [0.4, 0.5) is 27.3 Å². The predicted molar refractivity (Wildman–Crippen MR) is 187 cm³/mol. The summed E-state index contributed by atoms with van der Waals surface area (Å²) in [5.74, 6) is 0.152. The van der Waals surface area contributed by atoms with Crippen LogP contribution in [0, 0.1) is 0 Å². The second-order valence-electron chi connectivity index (χ2n) is 12.2. The second kappa shape index (κ2) is 15.6. The van der Waals surface area contributed by atoms with Crippen molar-refractivity contribution in [2.24, 2.45) is 0 Å². The van der Waals surface area contributed by atoms with Crippen LogP contribution in [-0.4, -0.2) is 72.6 Å². The fourth-order valence-corrected chi connectivity index (χ4v) is 5.63. The van der Waals surface area contributed by atoms with Crippen LogP contribution in [0.2, 0.25) is 0 Å².